The number of hydrogen-bond acceptors (Lipinski definition) is 7. The smallest absolute Gasteiger partial charge is 0.326 e. The fourth-order valence-electron chi connectivity index (χ4n) is 4.50. The summed E-state index contributed by atoms with van der Waals surface area (Å²) in [6.45, 7) is 8.91. The van der Waals surface area contributed by atoms with E-state index in [9.17, 15) is 14.7 Å². The number of aliphatic hydroxyl groups is 1. The van der Waals surface area contributed by atoms with E-state index in [2.05, 4.69) is 23.7 Å². The molecule has 0 amide bonds. The number of nitrogens with one attached hydrogen (secondary N) is 1. The zero-order valence-corrected chi connectivity index (χ0v) is 20.9. The molecule has 2 N–H and O–H groups in total. The van der Waals surface area contributed by atoms with Crippen LogP contribution in [0.4, 0.5) is 0 Å². The van der Waals surface area contributed by atoms with Gasteiger partial charge in [-0.25, -0.2) is 4.98 Å². The lowest BCUT2D eigenvalue weighted by Gasteiger charge is -2.22. The highest BCUT2D eigenvalue weighted by Gasteiger charge is 2.29. The monoisotopic (exact) mass is 482 g/mol. The van der Waals surface area contributed by atoms with E-state index in [4.69, 9.17) is 14.5 Å². The summed E-state index contributed by atoms with van der Waals surface area (Å²) >= 11 is 0. The summed E-state index contributed by atoms with van der Waals surface area (Å²) in [7, 11) is 1.74. The average Bonchev–Trinajstić information content (AvgIpc) is 3.44. The van der Waals surface area contributed by atoms with Crippen molar-refractivity contribution >= 4 is 17.0 Å². The number of carbonyl (C=O) groups excluding carboxylic acids is 1. The molecule has 3 aromatic rings. The van der Waals surface area contributed by atoms with E-state index in [1.807, 2.05) is 30.5 Å². The minimum Gasteiger partial charge on any atom is -0.459 e. The number of aliphatic hydroxyl groups excluding tert-OH is 1. The second kappa shape index (κ2) is 10.3. The van der Waals surface area contributed by atoms with Crippen LogP contribution in [0, 0.1) is 6.92 Å². The van der Waals surface area contributed by atoms with Gasteiger partial charge in [-0.1, -0.05) is 6.07 Å². The molecule has 0 saturated carbocycles. The number of rotatable bonds is 8. The average molecular weight is 483 g/mol. The fourth-order valence-corrected chi connectivity index (χ4v) is 4.50. The number of carbonyl (C=O) groups is 1. The van der Waals surface area contributed by atoms with Crippen LogP contribution in [0.1, 0.15) is 44.4 Å². The number of ether oxygens (including phenoxy) is 2. The van der Waals surface area contributed by atoms with Crippen molar-refractivity contribution in [2.45, 2.75) is 65.0 Å². The van der Waals surface area contributed by atoms with Gasteiger partial charge in [-0.3, -0.25) is 14.9 Å². The summed E-state index contributed by atoms with van der Waals surface area (Å²) in [5.41, 5.74) is 4.24. The SMILES string of the molecule is Cc1cc(-c2nc3cc(CNC(C(=O)OC4CCOC4)C(C)O)ccc3n2C(C)C)cn(C)c1=O. The van der Waals surface area contributed by atoms with Crippen molar-refractivity contribution in [3.05, 3.63) is 51.9 Å². The van der Waals surface area contributed by atoms with Crippen molar-refractivity contribution in [1.29, 1.82) is 0 Å². The first-order valence-electron chi connectivity index (χ1n) is 12.0. The van der Waals surface area contributed by atoms with Crippen molar-refractivity contribution in [1.82, 2.24) is 19.4 Å². The predicted molar refractivity (Wildman–Crippen MR) is 133 cm³/mol. The molecule has 0 spiro atoms. The highest BCUT2D eigenvalue weighted by Crippen LogP contribution is 2.29. The number of pyridine rings is 1. The summed E-state index contributed by atoms with van der Waals surface area (Å²) in [5, 5.41) is 13.3. The third kappa shape index (κ3) is 5.32. The van der Waals surface area contributed by atoms with Crippen molar-refractivity contribution in [2.24, 2.45) is 7.05 Å². The summed E-state index contributed by atoms with van der Waals surface area (Å²) < 4.78 is 14.5. The number of hydrogen-bond donors (Lipinski definition) is 2. The Kier molecular flexibility index (Phi) is 7.39. The molecule has 4 rings (SSSR count). The molecule has 0 radical (unpaired) electrons. The van der Waals surface area contributed by atoms with Gasteiger partial charge in [0.1, 0.15) is 18.0 Å². The summed E-state index contributed by atoms with van der Waals surface area (Å²) in [4.78, 5) is 29.7. The van der Waals surface area contributed by atoms with Crippen molar-refractivity contribution in [3.8, 4) is 11.4 Å². The normalized spacial score (nSPS) is 17.7. The maximum absolute atomic E-state index is 12.6. The van der Waals surface area contributed by atoms with Crippen LogP contribution in [0.2, 0.25) is 0 Å². The Hall–Kier alpha value is -3.01. The third-order valence-electron chi connectivity index (χ3n) is 6.32. The van der Waals surface area contributed by atoms with Crippen molar-refractivity contribution in [2.75, 3.05) is 13.2 Å². The van der Waals surface area contributed by atoms with Gasteiger partial charge in [-0.15, -0.1) is 0 Å². The summed E-state index contributed by atoms with van der Waals surface area (Å²) in [6, 6.07) is 7.17. The predicted octanol–water partition coefficient (Wildman–Crippen LogP) is 2.46. The second-order valence-corrected chi connectivity index (χ2v) is 9.57. The molecule has 1 saturated heterocycles. The molecule has 1 aromatic carbocycles. The molecule has 3 heterocycles. The van der Waals surface area contributed by atoms with Gasteiger partial charge in [0.2, 0.25) is 0 Å². The van der Waals surface area contributed by atoms with Gasteiger partial charge in [0, 0.05) is 43.4 Å². The lowest BCUT2D eigenvalue weighted by molar-refractivity contribution is -0.154. The molecular formula is C26H34N4O5. The first kappa shape index (κ1) is 25.1. The van der Waals surface area contributed by atoms with Gasteiger partial charge in [0.05, 0.1) is 30.4 Å². The van der Waals surface area contributed by atoms with Crippen LogP contribution in [0.3, 0.4) is 0 Å². The summed E-state index contributed by atoms with van der Waals surface area (Å²) in [5.74, 6) is 0.316. The maximum atomic E-state index is 12.6. The molecule has 1 aliphatic heterocycles. The lowest BCUT2D eigenvalue weighted by atomic mass is 10.1. The molecule has 0 aliphatic carbocycles. The number of aromatic nitrogens is 3. The highest BCUT2D eigenvalue weighted by molar-refractivity contribution is 5.81. The van der Waals surface area contributed by atoms with Crippen LogP contribution in [0.15, 0.2) is 35.3 Å². The second-order valence-electron chi connectivity index (χ2n) is 9.57. The van der Waals surface area contributed by atoms with E-state index in [1.165, 1.54) is 0 Å². The number of fused-ring (bicyclic) bond motifs is 1. The van der Waals surface area contributed by atoms with Gasteiger partial charge in [0.15, 0.2) is 0 Å². The first-order valence-corrected chi connectivity index (χ1v) is 12.0. The molecular weight excluding hydrogens is 448 g/mol. The van der Waals surface area contributed by atoms with Crippen LogP contribution in [-0.2, 0) is 27.9 Å². The quantitative estimate of drug-likeness (QED) is 0.475. The topological polar surface area (TPSA) is 108 Å². The number of benzene rings is 1. The Balaban J connectivity index is 1.59. The van der Waals surface area contributed by atoms with Gasteiger partial charge in [0.25, 0.3) is 5.56 Å². The number of esters is 1. The molecule has 0 bridgehead atoms. The number of aryl methyl sites for hydroxylation is 2. The molecule has 1 aliphatic rings. The minimum absolute atomic E-state index is 0.0269. The Morgan fingerprint density at radius 2 is 2.09 bits per heavy atom. The standard InChI is InChI=1S/C26H34N4O5/c1-15(2)30-22-7-6-18(12-27-23(17(4)31)26(33)35-20-8-9-34-14-20)11-21(22)28-24(30)19-10-16(3)25(32)29(5)13-19/h6-7,10-11,13,15,17,20,23,27,31H,8-9,12,14H2,1-5H3. The molecule has 2 aromatic heterocycles. The van der Waals surface area contributed by atoms with Gasteiger partial charge in [-0.05, 0) is 51.5 Å². The maximum Gasteiger partial charge on any atom is 0.326 e. The van der Waals surface area contributed by atoms with Crippen molar-refractivity contribution < 1.29 is 19.4 Å². The van der Waals surface area contributed by atoms with E-state index in [1.54, 1.807) is 25.5 Å². The van der Waals surface area contributed by atoms with Crippen LogP contribution in [0.25, 0.3) is 22.4 Å². The van der Waals surface area contributed by atoms with Crippen molar-refractivity contribution in [3.63, 3.8) is 0 Å². The van der Waals surface area contributed by atoms with Crippen LogP contribution < -0.4 is 10.9 Å². The van der Waals surface area contributed by atoms with Gasteiger partial charge >= 0.3 is 5.97 Å². The Morgan fingerprint density at radius 1 is 1.31 bits per heavy atom. The minimum atomic E-state index is -0.909. The fraction of sp³-hybridized carbons (Fsp3) is 0.500. The van der Waals surface area contributed by atoms with E-state index < -0.39 is 18.1 Å². The van der Waals surface area contributed by atoms with Crippen LogP contribution >= 0.6 is 0 Å². The summed E-state index contributed by atoms with van der Waals surface area (Å²) in [6.07, 6.45) is 1.31. The zero-order valence-electron chi connectivity index (χ0n) is 20.9. The van der Waals surface area contributed by atoms with Crippen LogP contribution in [-0.4, -0.2) is 56.7 Å². The molecule has 188 valence electrons. The largest absolute Gasteiger partial charge is 0.459 e. The Labute approximate surface area is 204 Å². The van der Waals surface area contributed by atoms with Gasteiger partial charge < -0.3 is 23.7 Å². The number of imidazole rings is 1. The molecule has 3 unspecified atom stereocenters. The molecule has 1 fully saturated rings. The van der Waals surface area contributed by atoms with E-state index in [-0.39, 0.29) is 17.7 Å². The Bertz CT molecular complexity index is 1240. The molecule has 9 nitrogen and oxygen atoms in total. The van der Waals surface area contributed by atoms with Gasteiger partial charge in [-0.2, -0.15) is 0 Å². The Morgan fingerprint density at radius 3 is 2.71 bits per heavy atom. The highest BCUT2D eigenvalue weighted by atomic mass is 16.6. The van der Waals surface area contributed by atoms with Crippen LogP contribution in [0.5, 0.6) is 0 Å². The molecule has 9 heteroatoms. The first-order chi connectivity index (χ1) is 16.7. The number of nitrogens with zero attached hydrogens (tertiary/aromatic N) is 3. The van der Waals surface area contributed by atoms with E-state index in [0.29, 0.717) is 31.7 Å². The van der Waals surface area contributed by atoms with E-state index >= 15 is 0 Å². The molecule has 3 atom stereocenters. The third-order valence-corrected chi connectivity index (χ3v) is 6.32. The molecule has 35 heavy (non-hydrogen) atoms. The zero-order chi connectivity index (χ0) is 25.3. The van der Waals surface area contributed by atoms with E-state index in [0.717, 1.165) is 28.0 Å². The lowest BCUT2D eigenvalue weighted by Crippen LogP contribution is -2.46.